The molecule has 0 bridgehead atoms. The van der Waals surface area contributed by atoms with Crippen molar-refractivity contribution in [3.63, 3.8) is 0 Å². The number of nitrogens with one attached hydrogen (secondary N) is 1. The number of nitrogens with zero attached hydrogens (tertiary/aromatic N) is 2. The number of aliphatic hydroxyl groups excluding tert-OH is 1. The SMILES string of the molecule is OC1CCNCC1N1CCN(c2ccccc2)CC1. The summed E-state index contributed by atoms with van der Waals surface area (Å²) in [5.41, 5.74) is 1.31. The molecular formula is C15H23N3O. The fourth-order valence-corrected chi connectivity index (χ4v) is 3.15. The molecule has 4 nitrogen and oxygen atoms in total. The fourth-order valence-electron chi connectivity index (χ4n) is 3.15. The van der Waals surface area contributed by atoms with Crippen molar-refractivity contribution in [2.24, 2.45) is 0 Å². The molecular weight excluding hydrogens is 238 g/mol. The van der Waals surface area contributed by atoms with E-state index in [2.05, 4.69) is 45.4 Å². The highest BCUT2D eigenvalue weighted by Gasteiger charge is 2.30. The third-order valence-corrected chi connectivity index (χ3v) is 4.32. The van der Waals surface area contributed by atoms with Crippen molar-refractivity contribution in [1.82, 2.24) is 10.2 Å². The van der Waals surface area contributed by atoms with Crippen LogP contribution in [0.25, 0.3) is 0 Å². The molecule has 1 aromatic carbocycles. The molecule has 2 aliphatic rings. The number of hydrogen-bond donors (Lipinski definition) is 2. The molecule has 0 aliphatic carbocycles. The molecule has 0 radical (unpaired) electrons. The van der Waals surface area contributed by atoms with Crippen LogP contribution in [0.1, 0.15) is 6.42 Å². The van der Waals surface area contributed by atoms with E-state index in [9.17, 15) is 5.11 Å². The minimum atomic E-state index is -0.162. The van der Waals surface area contributed by atoms with E-state index in [-0.39, 0.29) is 6.10 Å². The van der Waals surface area contributed by atoms with Gasteiger partial charge in [-0.25, -0.2) is 0 Å². The molecule has 2 fully saturated rings. The lowest BCUT2D eigenvalue weighted by Gasteiger charge is -2.43. The maximum Gasteiger partial charge on any atom is 0.0719 e. The van der Waals surface area contributed by atoms with Crippen molar-refractivity contribution in [3.8, 4) is 0 Å². The molecule has 0 spiro atoms. The van der Waals surface area contributed by atoms with Crippen molar-refractivity contribution in [2.45, 2.75) is 18.6 Å². The molecule has 19 heavy (non-hydrogen) atoms. The van der Waals surface area contributed by atoms with E-state index in [1.165, 1.54) is 5.69 Å². The van der Waals surface area contributed by atoms with Crippen LogP contribution in [0.5, 0.6) is 0 Å². The van der Waals surface area contributed by atoms with Crippen LogP contribution in [-0.4, -0.2) is 61.4 Å². The van der Waals surface area contributed by atoms with Gasteiger partial charge in [0.15, 0.2) is 0 Å². The van der Waals surface area contributed by atoms with Gasteiger partial charge in [-0.3, -0.25) is 4.90 Å². The van der Waals surface area contributed by atoms with Crippen LogP contribution in [0.4, 0.5) is 5.69 Å². The average Bonchev–Trinajstić information content (AvgIpc) is 2.49. The summed E-state index contributed by atoms with van der Waals surface area (Å²) in [6.07, 6.45) is 0.716. The predicted molar refractivity (Wildman–Crippen MR) is 77.5 cm³/mol. The highest BCUT2D eigenvalue weighted by molar-refractivity contribution is 5.46. The molecule has 104 valence electrons. The highest BCUT2D eigenvalue weighted by atomic mass is 16.3. The van der Waals surface area contributed by atoms with E-state index in [1.54, 1.807) is 0 Å². The molecule has 0 aromatic heterocycles. The number of piperidine rings is 1. The second-order valence-corrected chi connectivity index (χ2v) is 5.49. The van der Waals surface area contributed by atoms with Gasteiger partial charge in [-0.2, -0.15) is 0 Å². The minimum Gasteiger partial charge on any atom is -0.391 e. The third-order valence-electron chi connectivity index (χ3n) is 4.32. The number of para-hydroxylation sites is 1. The normalized spacial score (nSPS) is 29.4. The largest absolute Gasteiger partial charge is 0.391 e. The summed E-state index contributed by atoms with van der Waals surface area (Å²) >= 11 is 0. The first-order valence-electron chi connectivity index (χ1n) is 7.27. The summed E-state index contributed by atoms with van der Waals surface area (Å²) in [5.74, 6) is 0. The van der Waals surface area contributed by atoms with E-state index in [0.29, 0.717) is 6.04 Å². The maximum absolute atomic E-state index is 10.1. The Hall–Kier alpha value is -1.10. The molecule has 4 heteroatoms. The molecule has 2 N–H and O–H groups in total. The van der Waals surface area contributed by atoms with Crippen molar-refractivity contribution in [1.29, 1.82) is 0 Å². The first-order valence-corrected chi connectivity index (χ1v) is 7.27. The Bertz CT molecular complexity index is 390. The van der Waals surface area contributed by atoms with Gasteiger partial charge in [-0.05, 0) is 25.1 Å². The monoisotopic (exact) mass is 261 g/mol. The van der Waals surface area contributed by atoms with Gasteiger partial charge < -0.3 is 15.3 Å². The number of benzene rings is 1. The summed E-state index contributed by atoms with van der Waals surface area (Å²) in [6.45, 7) is 6.05. The number of piperazine rings is 1. The molecule has 0 saturated carbocycles. The summed E-state index contributed by atoms with van der Waals surface area (Å²) in [4.78, 5) is 4.87. The minimum absolute atomic E-state index is 0.162. The van der Waals surface area contributed by atoms with Crippen molar-refractivity contribution >= 4 is 5.69 Å². The van der Waals surface area contributed by atoms with Crippen LogP contribution in [-0.2, 0) is 0 Å². The van der Waals surface area contributed by atoms with Gasteiger partial charge in [-0.1, -0.05) is 18.2 Å². The Kier molecular flexibility index (Phi) is 4.01. The summed E-state index contributed by atoms with van der Waals surface area (Å²) in [7, 11) is 0. The van der Waals surface area contributed by atoms with Crippen molar-refractivity contribution < 1.29 is 5.11 Å². The lowest BCUT2D eigenvalue weighted by molar-refractivity contribution is 0.0256. The first-order chi connectivity index (χ1) is 9.34. The van der Waals surface area contributed by atoms with Gasteiger partial charge in [0.1, 0.15) is 0 Å². The zero-order valence-electron chi connectivity index (χ0n) is 11.3. The molecule has 2 aliphatic heterocycles. The van der Waals surface area contributed by atoms with Crippen LogP contribution < -0.4 is 10.2 Å². The van der Waals surface area contributed by atoms with Gasteiger partial charge in [0.05, 0.1) is 6.10 Å². The zero-order chi connectivity index (χ0) is 13.1. The molecule has 3 rings (SSSR count). The Balaban J connectivity index is 1.57. The topological polar surface area (TPSA) is 38.7 Å². The molecule has 2 unspecified atom stereocenters. The molecule has 2 saturated heterocycles. The standard InChI is InChI=1S/C15H23N3O/c19-15-6-7-16-12-14(15)18-10-8-17(9-11-18)13-4-2-1-3-5-13/h1-5,14-16,19H,6-12H2. The summed E-state index contributed by atoms with van der Waals surface area (Å²) in [5, 5.41) is 13.5. The van der Waals surface area contributed by atoms with Gasteiger partial charge in [0.2, 0.25) is 0 Å². The van der Waals surface area contributed by atoms with E-state index in [4.69, 9.17) is 0 Å². The van der Waals surface area contributed by atoms with Gasteiger partial charge in [0, 0.05) is 44.5 Å². The van der Waals surface area contributed by atoms with Crippen LogP contribution in [0.2, 0.25) is 0 Å². The van der Waals surface area contributed by atoms with Crippen LogP contribution >= 0.6 is 0 Å². The Morgan fingerprint density at radius 1 is 1.05 bits per heavy atom. The molecule has 2 atom stereocenters. The number of aliphatic hydroxyl groups is 1. The maximum atomic E-state index is 10.1. The predicted octanol–water partition coefficient (Wildman–Crippen LogP) is 0.531. The highest BCUT2D eigenvalue weighted by Crippen LogP contribution is 2.18. The Morgan fingerprint density at radius 3 is 2.47 bits per heavy atom. The van der Waals surface area contributed by atoms with Gasteiger partial charge in [-0.15, -0.1) is 0 Å². The quantitative estimate of drug-likeness (QED) is 0.815. The van der Waals surface area contributed by atoms with E-state index < -0.39 is 0 Å². The average molecular weight is 261 g/mol. The Morgan fingerprint density at radius 2 is 1.79 bits per heavy atom. The van der Waals surface area contributed by atoms with Crippen molar-refractivity contribution in [2.75, 3.05) is 44.2 Å². The lowest BCUT2D eigenvalue weighted by atomic mass is 10.0. The summed E-state index contributed by atoms with van der Waals surface area (Å²) in [6, 6.07) is 10.9. The molecule has 1 aromatic rings. The Labute approximate surface area is 115 Å². The van der Waals surface area contributed by atoms with E-state index in [1.807, 2.05) is 0 Å². The van der Waals surface area contributed by atoms with Crippen LogP contribution in [0, 0.1) is 0 Å². The van der Waals surface area contributed by atoms with Crippen LogP contribution in [0.15, 0.2) is 30.3 Å². The third kappa shape index (κ3) is 2.91. The second kappa shape index (κ2) is 5.90. The summed E-state index contributed by atoms with van der Waals surface area (Å²) < 4.78 is 0. The zero-order valence-corrected chi connectivity index (χ0v) is 11.3. The van der Waals surface area contributed by atoms with Crippen LogP contribution in [0.3, 0.4) is 0 Å². The number of hydrogen-bond acceptors (Lipinski definition) is 4. The fraction of sp³-hybridized carbons (Fsp3) is 0.600. The smallest absolute Gasteiger partial charge is 0.0719 e. The first kappa shape index (κ1) is 12.9. The number of anilines is 1. The number of rotatable bonds is 2. The van der Waals surface area contributed by atoms with Crippen molar-refractivity contribution in [3.05, 3.63) is 30.3 Å². The van der Waals surface area contributed by atoms with Gasteiger partial charge in [0.25, 0.3) is 0 Å². The lowest BCUT2D eigenvalue weighted by Crippen LogP contribution is -2.59. The van der Waals surface area contributed by atoms with E-state index >= 15 is 0 Å². The van der Waals surface area contributed by atoms with E-state index in [0.717, 1.165) is 45.7 Å². The second-order valence-electron chi connectivity index (χ2n) is 5.49. The molecule has 0 amide bonds. The van der Waals surface area contributed by atoms with Gasteiger partial charge >= 0.3 is 0 Å². The molecule has 2 heterocycles.